The number of aryl methyl sites for hydroxylation is 1. The van der Waals surface area contributed by atoms with Gasteiger partial charge in [0.15, 0.2) is 5.78 Å². The minimum atomic E-state index is -0.00795. The van der Waals surface area contributed by atoms with E-state index in [1.807, 2.05) is 54.5 Å². The Morgan fingerprint density at radius 2 is 1.92 bits per heavy atom. The van der Waals surface area contributed by atoms with Gasteiger partial charge in [0.25, 0.3) is 0 Å². The van der Waals surface area contributed by atoms with Crippen molar-refractivity contribution in [3.05, 3.63) is 53.9 Å². The van der Waals surface area contributed by atoms with E-state index in [2.05, 4.69) is 5.10 Å². The fourth-order valence-electron chi connectivity index (χ4n) is 3.49. The van der Waals surface area contributed by atoms with Gasteiger partial charge < -0.3 is 4.90 Å². The molecule has 5 nitrogen and oxygen atoms in total. The smallest absolute Gasteiger partial charge is 0.228 e. The van der Waals surface area contributed by atoms with Crippen molar-refractivity contribution in [3.63, 3.8) is 0 Å². The van der Waals surface area contributed by atoms with E-state index in [0.29, 0.717) is 12.8 Å². The number of benzene rings is 1. The average Bonchev–Trinajstić information content (AvgIpc) is 2.88. The number of carbonyl (C=O) groups is 2. The van der Waals surface area contributed by atoms with Gasteiger partial charge in [0.05, 0.1) is 12.1 Å². The number of nitrogens with zero attached hydrogens (tertiary/aromatic N) is 3. The van der Waals surface area contributed by atoms with Crippen LogP contribution in [-0.2, 0) is 18.3 Å². The Morgan fingerprint density at radius 3 is 2.64 bits per heavy atom. The van der Waals surface area contributed by atoms with Gasteiger partial charge in [0, 0.05) is 37.8 Å². The van der Waals surface area contributed by atoms with E-state index < -0.39 is 0 Å². The molecule has 1 saturated heterocycles. The van der Waals surface area contributed by atoms with E-state index in [-0.39, 0.29) is 17.7 Å². The minimum Gasteiger partial charge on any atom is -0.339 e. The zero-order chi connectivity index (χ0) is 17.6. The summed E-state index contributed by atoms with van der Waals surface area (Å²) in [6.07, 6.45) is 6.64. The molecule has 1 aliphatic heterocycles. The van der Waals surface area contributed by atoms with E-state index in [1.165, 1.54) is 0 Å². The molecule has 2 heterocycles. The van der Waals surface area contributed by atoms with Crippen LogP contribution in [0.3, 0.4) is 0 Å². The third kappa shape index (κ3) is 4.56. The van der Waals surface area contributed by atoms with Crippen molar-refractivity contribution in [2.45, 2.75) is 44.6 Å². The lowest BCUT2D eigenvalue weighted by atomic mass is 9.99. The first-order valence-corrected chi connectivity index (χ1v) is 9.00. The molecule has 0 unspecified atom stereocenters. The quantitative estimate of drug-likeness (QED) is 0.787. The molecule has 1 aliphatic rings. The second-order valence-electron chi connectivity index (χ2n) is 6.74. The molecule has 0 aliphatic carbocycles. The van der Waals surface area contributed by atoms with Crippen LogP contribution in [0.4, 0.5) is 0 Å². The molecule has 0 saturated carbocycles. The highest BCUT2D eigenvalue weighted by atomic mass is 16.2. The van der Waals surface area contributed by atoms with Gasteiger partial charge in [-0.3, -0.25) is 14.3 Å². The van der Waals surface area contributed by atoms with Crippen molar-refractivity contribution in [1.82, 2.24) is 14.7 Å². The zero-order valence-corrected chi connectivity index (χ0v) is 14.7. The van der Waals surface area contributed by atoms with Crippen molar-refractivity contribution in [3.8, 4) is 0 Å². The van der Waals surface area contributed by atoms with Crippen molar-refractivity contribution < 1.29 is 9.59 Å². The average molecular weight is 339 g/mol. The Bertz CT molecular complexity index is 724. The molecule has 1 aromatic heterocycles. The predicted molar refractivity (Wildman–Crippen MR) is 96.3 cm³/mol. The maximum atomic E-state index is 12.8. The first-order chi connectivity index (χ1) is 12.1. The number of aromatic nitrogens is 2. The molecular formula is C20H25N3O2. The second kappa shape index (κ2) is 8.10. The predicted octanol–water partition coefficient (Wildman–Crippen LogP) is 3.01. The Balaban J connectivity index is 1.70. The molecule has 132 valence electrons. The van der Waals surface area contributed by atoms with E-state index in [0.717, 1.165) is 43.5 Å². The lowest BCUT2D eigenvalue weighted by molar-refractivity contribution is -0.132. The molecular weight excluding hydrogens is 314 g/mol. The van der Waals surface area contributed by atoms with Gasteiger partial charge in [-0.25, -0.2) is 0 Å². The highest BCUT2D eigenvalue weighted by molar-refractivity contribution is 5.96. The molecule has 1 amide bonds. The van der Waals surface area contributed by atoms with Crippen LogP contribution in [-0.4, -0.2) is 39.0 Å². The standard InChI is InChI=1S/C20H25N3O2/c1-22-13-11-17(21-22)14-20(25)23-12-7-3-6-10-18(23)15-19(24)16-8-4-2-5-9-16/h2,4-5,8-9,11,13,18H,3,6-7,10,12,14-15H2,1H3/t18-/m0/s1. The fraction of sp³-hybridized carbons (Fsp3) is 0.450. The number of Topliss-reactive ketones (excluding diaryl/α,β-unsaturated/α-hetero) is 1. The first-order valence-electron chi connectivity index (χ1n) is 9.00. The normalized spacial score (nSPS) is 18.0. The molecule has 1 aromatic carbocycles. The van der Waals surface area contributed by atoms with Gasteiger partial charge in [-0.1, -0.05) is 43.2 Å². The van der Waals surface area contributed by atoms with Crippen molar-refractivity contribution >= 4 is 11.7 Å². The van der Waals surface area contributed by atoms with E-state index in [9.17, 15) is 9.59 Å². The fourth-order valence-corrected chi connectivity index (χ4v) is 3.49. The largest absolute Gasteiger partial charge is 0.339 e. The van der Waals surface area contributed by atoms with Gasteiger partial charge in [-0.15, -0.1) is 0 Å². The summed E-state index contributed by atoms with van der Waals surface area (Å²) >= 11 is 0. The topological polar surface area (TPSA) is 55.2 Å². The summed E-state index contributed by atoms with van der Waals surface area (Å²) in [4.78, 5) is 27.3. The molecule has 1 atom stereocenters. The number of rotatable bonds is 5. The van der Waals surface area contributed by atoms with Crippen LogP contribution < -0.4 is 0 Å². The summed E-state index contributed by atoms with van der Waals surface area (Å²) in [6.45, 7) is 0.735. The second-order valence-corrected chi connectivity index (χ2v) is 6.74. The maximum absolute atomic E-state index is 12.8. The minimum absolute atomic E-state index is 0.00795. The molecule has 0 bridgehead atoms. The molecule has 1 fully saturated rings. The lowest BCUT2D eigenvalue weighted by Gasteiger charge is -2.29. The van der Waals surface area contributed by atoms with E-state index in [4.69, 9.17) is 0 Å². The summed E-state index contributed by atoms with van der Waals surface area (Å²) in [5.41, 5.74) is 1.51. The monoisotopic (exact) mass is 339 g/mol. The van der Waals surface area contributed by atoms with E-state index in [1.54, 1.807) is 4.68 Å². The Labute approximate surface area is 148 Å². The van der Waals surface area contributed by atoms with Crippen molar-refractivity contribution in [2.75, 3.05) is 6.54 Å². The summed E-state index contributed by atoms with van der Waals surface area (Å²) in [6, 6.07) is 11.2. The summed E-state index contributed by atoms with van der Waals surface area (Å²) in [7, 11) is 1.85. The van der Waals surface area contributed by atoms with Crippen LogP contribution in [0.1, 0.15) is 48.2 Å². The van der Waals surface area contributed by atoms with Crippen LogP contribution >= 0.6 is 0 Å². The van der Waals surface area contributed by atoms with Gasteiger partial charge in [-0.05, 0) is 18.9 Å². The maximum Gasteiger partial charge on any atom is 0.228 e. The molecule has 0 N–H and O–H groups in total. The summed E-state index contributed by atoms with van der Waals surface area (Å²) in [5.74, 6) is 0.189. The Hall–Kier alpha value is -2.43. The number of carbonyl (C=O) groups excluding carboxylic acids is 2. The van der Waals surface area contributed by atoms with Gasteiger partial charge in [0.1, 0.15) is 0 Å². The van der Waals surface area contributed by atoms with Gasteiger partial charge in [-0.2, -0.15) is 5.10 Å². The van der Waals surface area contributed by atoms with Gasteiger partial charge >= 0.3 is 0 Å². The Morgan fingerprint density at radius 1 is 1.12 bits per heavy atom. The van der Waals surface area contributed by atoms with Gasteiger partial charge in [0.2, 0.25) is 5.91 Å². The zero-order valence-electron chi connectivity index (χ0n) is 14.7. The third-order valence-corrected chi connectivity index (χ3v) is 4.82. The number of amides is 1. The molecule has 0 radical (unpaired) electrons. The first kappa shape index (κ1) is 17.4. The summed E-state index contributed by atoms with van der Waals surface area (Å²) < 4.78 is 1.71. The molecule has 25 heavy (non-hydrogen) atoms. The number of hydrogen-bond acceptors (Lipinski definition) is 3. The van der Waals surface area contributed by atoms with Crippen molar-refractivity contribution in [2.24, 2.45) is 7.05 Å². The lowest BCUT2D eigenvalue weighted by Crippen LogP contribution is -2.42. The molecule has 3 rings (SSSR count). The van der Waals surface area contributed by atoms with Crippen LogP contribution in [0.25, 0.3) is 0 Å². The third-order valence-electron chi connectivity index (χ3n) is 4.82. The number of likely N-dealkylation sites (tertiary alicyclic amines) is 1. The molecule has 2 aromatic rings. The highest BCUT2D eigenvalue weighted by Crippen LogP contribution is 2.22. The molecule has 0 spiro atoms. The number of hydrogen-bond donors (Lipinski definition) is 0. The van der Waals surface area contributed by atoms with Crippen LogP contribution in [0, 0.1) is 0 Å². The highest BCUT2D eigenvalue weighted by Gasteiger charge is 2.28. The summed E-state index contributed by atoms with van der Waals surface area (Å²) in [5, 5.41) is 4.30. The van der Waals surface area contributed by atoms with E-state index >= 15 is 0 Å². The van der Waals surface area contributed by atoms with Crippen molar-refractivity contribution in [1.29, 1.82) is 0 Å². The Kier molecular flexibility index (Phi) is 5.64. The van der Waals surface area contributed by atoms with Crippen LogP contribution in [0.15, 0.2) is 42.6 Å². The SMILES string of the molecule is Cn1ccc(CC(=O)N2CCCCC[C@H]2CC(=O)c2ccccc2)n1. The number of ketones is 1. The van der Waals surface area contributed by atoms with Crippen LogP contribution in [0.5, 0.6) is 0 Å². The molecule has 5 heteroatoms. The van der Waals surface area contributed by atoms with Crippen LogP contribution in [0.2, 0.25) is 0 Å².